The second-order valence-corrected chi connectivity index (χ2v) is 2.18. The lowest BCUT2D eigenvalue weighted by molar-refractivity contribution is 0.695. The van der Waals surface area contributed by atoms with E-state index in [1.54, 1.807) is 17.0 Å². The van der Waals surface area contributed by atoms with Gasteiger partial charge in [-0.3, -0.25) is 4.68 Å². The van der Waals surface area contributed by atoms with Crippen molar-refractivity contribution in [3.63, 3.8) is 0 Å². The van der Waals surface area contributed by atoms with Crippen molar-refractivity contribution in [2.75, 3.05) is 5.73 Å². The SMILES string of the molecule is C=CCn1cc(N)c(C)n1. The first-order valence-corrected chi connectivity index (χ1v) is 3.14. The molecule has 0 aliphatic heterocycles. The topological polar surface area (TPSA) is 43.8 Å². The number of hydrogen-bond acceptors (Lipinski definition) is 2. The normalized spacial score (nSPS) is 9.70. The molecule has 1 heterocycles. The van der Waals surface area contributed by atoms with E-state index < -0.39 is 0 Å². The first kappa shape index (κ1) is 6.86. The molecule has 3 heteroatoms. The van der Waals surface area contributed by atoms with Gasteiger partial charge in [-0.05, 0) is 6.92 Å². The van der Waals surface area contributed by atoms with E-state index in [9.17, 15) is 0 Å². The predicted octanol–water partition coefficient (Wildman–Crippen LogP) is 0.960. The van der Waals surface area contributed by atoms with Crippen molar-refractivity contribution < 1.29 is 0 Å². The summed E-state index contributed by atoms with van der Waals surface area (Å²) < 4.78 is 1.76. The fourth-order valence-electron chi connectivity index (χ4n) is 0.759. The van der Waals surface area contributed by atoms with Gasteiger partial charge in [0.25, 0.3) is 0 Å². The third-order valence-corrected chi connectivity index (χ3v) is 1.30. The van der Waals surface area contributed by atoms with Crippen LogP contribution in [0.25, 0.3) is 0 Å². The van der Waals surface area contributed by atoms with Gasteiger partial charge in [0, 0.05) is 6.20 Å². The molecule has 0 amide bonds. The average molecular weight is 137 g/mol. The molecule has 0 unspecified atom stereocenters. The summed E-state index contributed by atoms with van der Waals surface area (Å²) in [6, 6.07) is 0. The number of allylic oxidation sites excluding steroid dienone is 1. The minimum atomic E-state index is 0.720. The zero-order valence-corrected chi connectivity index (χ0v) is 6.04. The van der Waals surface area contributed by atoms with Crippen molar-refractivity contribution in [2.24, 2.45) is 0 Å². The summed E-state index contributed by atoms with van der Waals surface area (Å²) in [5, 5.41) is 4.12. The summed E-state index contributed by atoms with van der Waals surface area (Å²) in [6.45, 7) is 6.20. The van der Waals surface area contributed by atoms with E-state index in [0.717, 1.165) is 17.9 Å². The monoisotopic (exact) mass is 137 g/mol. The van der Waals surface area contributed by atoms with E-state index >= 15 is 0 Å². The van der Waals surface area contributed by atoms with Crippen LogP contribution in [0.2, 0.25) is 0 Å². The number of aromatic nitrogens is 2. The van der Waals surface area contributed by atoms with Crippen molar-refractivity contribution in [3.8, 4) is 0 Å². The molecule has 0 aliphatic rings. The van der Waals surface area contributed by atoms with Gasteiger partial charge in [-0.15, -0.1) is 6.58 Å². The van der Waals surface area contributed by atoms with Crippen molar-refractivity contribution in [1.82, 2.24) is 9.78 Å². The molecular formula is C7H11N3. The zero-order chi connectivity index (χ0) is 7.56. The Hall–Kier alpha value is -1.25. The number of nitrogens with two attached hydrogens (primary N) is 1. The molecule has 1 aromatic rings. The molecule has 1 rings (SSSR count). The van der Waals surface area contributed by atoms with Gasteiger partial charge >= 0.3 is 0 Å². The minimum Gasteiger partial charge on any atom is -0.396 e. The summed E-state index contributed by atoms with van der Waals surface area (Å²) in [5.74, 6) is 0. The number of nitrogens with zero attached hydrogens (tertiary/aromatic N) is 2. The largest absolute Gasteiger partial charge is 0.396 e. The first-order chi connectivity index (χ1) is 4.74. The fourth-order valence-corrected chi connectivity index (χ4v) is 0.759. The van der Waals surface area contributed by atoms with Crippen LogP contribution in [-0.4, -0.2) is 9.78 Å². The molecule has 2 N–H and O–H groups in total. The lowest BCUT2D eigenvalue weighted by Crippen LogP contribution is -1.94. The average Bonchev–Trinajstić information content (AvgIpc) is 2.14. The molecule has 3 nitrogen and oxygen atoms in total. The van der Waals surface area contributed by atoms with Gasteiger partial charge in [-0.2, -0.15) is 5.10 Å². The molecule has 0 atom stereocenters. The number of rotatable bonds is 2. The lowest BCUT2D eigenvalue weighted by atomic mass is 10.4. The summed E-state index contributed by atoms with van der Waals surface area (Å²) in [7, 11) is 0. The molecular weight excluding hydrogens is 126 g/mol. The van der Waals surface area contributed by atoms with Gasteiger partial charge in [-0.25, -0.2) is 0 Å². The van der Waals surface area contributed by atoms with Crippen molar-refractivity contribution >= 4 is 5.69 Å². The van der Waals surface area contributed by atoms with Crippen LogP contribution in [0.5, 0.6) is 0 Å². The van der Waals surface area contributed by atoms with Gasteiger partial charge in [0.1, 0.15) is 0 Å². The molecule has 54 valence electrons. The molecule has 0 radical (unpaired) electrons. The number of hydrogen-bond donors (Lipinski definition) is 1. The highest BCUT2D eigenvalue weighted by atomic mass is 15.3. The third kappa shape index (κ3) is 1.18. The Kier molecular flexibility index (Phi) is 1.76. The van der Waals surface area contributed by atoms with E-state index in [1.165, 1.54) is 0 Å². The second kappa shape index (κ2) is 2.56. The summed E-state index contributed by atoms with van der Waals surface area (Å²) in [6.07, 6.45) is 3.59. The van der Waals surface area contributed by atoms with Crippen LogP contribution in [0.1, 0.15) is 5.69 Å². The highest BCUT2D eigenvalue weighted by molar-refractivity contribution is 5.39. The van der Waals surface area contributed by atoms with Gasteiger partial charge in [0.05, 0.1) is 17.9 Å². The molecule has 0 spiro atoms. The number of anilines is 1. The van der Waals surface area contributed by atoms with Crippen LogP contribution < -0.4 is 5.73 Å². The molecule has 0 saturated carbocycles. The van der Waals surface area contributed by atoms with Gasteiger partial charge in [-0.1, -0.05) is 6.08 Å². The van der Waals surface area contributed by atoms with Crippen LogP contribution >= 0.6 is 0 Å². The standard InChI is InChI=1S/C7H11N3/c1-3-4-10-5-7(8)6(2)9-10/h3,5H,1,4,8H2,2H3. The van der Waals surface area contributed by atoms with Gasteiger partial charge < -0.3 is 5.73 Å². The predicted molar refractivity (Wildman–Crippen MR) is 41.6 cm³/mol. The van der Waals surface area contributed by atoms with E-state index in [2.05, 4.69) is 11.7 Å². The Morgan fingerprint density at radius 3 is 3.00 bits per heavy atom. The van der Waals surface area contributed by atoms with Crippen molar-refractivity contribution in [2.45, 2.75) is 13.5 Å². The van der Waals surface area contributed by atoms with Crippen molar-refractivity contribution in [3.05, 3.63) is 24.5 Å². The van der Waals surface area contributed by atoms with Crippen LogP contribution in [0, 0.1) is 6.92 Å². The maximum atomic E-state index is 5.55. The summed E-state index contributed by atoms with van der Waals surface area (Å²) in [4.78, 5) is 0. The first-order valence-electron chi connectivity index (χ1n) is 3.14. The third-order valence-electron chi connectivity index (χ3n) is 1.30. The Labute approximate surface area is 60.1 Å². The molecule has 0 bridgehead atoms. The molecule has 1 aromatic heterocycles. The molecule has 0 aliphatic carbocycles. The quantitative estimate of drug-likeness (QED) is 0.617. The minimum absolute atomic E-state index is 0.720. The maximum Gasteiger partial charge on any atom is 0.0823 e. The second-order valence-electron chi connectivity index (χ2n) is 2.18. The van der Waals surface area contributed by atoms with Crippen LogP contribution in [0.15, 0.2) is 18.9 Å². The Balaban J connectivity index is 2.86. The van der Waals surface area contributed by atoms with Crippen LogP contribution in [-0.2, 0) is 6.54 Å². The number of aryl methyl sites for hydroxylation is 1. The highest BCUT2D eigenvalue weighted by Gasteiger charge is 1.96. The van der Waals surface area contributed by atoms with E-state index in [1.807, 2.05) is 6.92 Å². The smallest absolute Gasteiger partial charge is 0.0823 e. The van der Waals surface area contributed by atoms with E-state index in [0.29, 0.717) is 0 Å². The maximum absolute atomic E-state index is 5.55. The zero-order valence-electron chi connectivity index (χ0n) is 6.04. The molecule has 10 heavy (non-hydrogen) atoms. The van der Waals surface area contributed by atoms with Gasteiger partial charge in [0.15, 0.2) is 0 Å². The van der Waals surface area contributed by atoms with E-state index in [-0.39, 0.29) is 0 Å². The van der Waals surface area contributed by atoms with E-state index in [4.69, 9.17) is 5.73 Å². The Morgan fingerprint density at radius 2 is 2.60 bits per heavy atom. The van der Waals surface area contributed by atoms with Gasteiger partial charge in [0.2, 0.25) is 0 Å². The Bertz CT molecular complexity index is 217. The lowest BCUT2D eigenvalue weighted by Gasteiger charge is -1.90. The van der Waals surface area contributed by atoms with Crippen molar-refractivity contribution in [1.29, 1.82) is 0 Å². The molecule has 0 aromatic carbocycles. The molecule has 0 fully saturated rings. The van der Waals surface area contributed by atoms with Crippen LogP contribution in [0.3, 0.4) is 0 Å². The van der Waals surface area contributed by atoms with Crippen LogP contribution in [0.4, 0.5) is 5.69 Å². The summed E-state index contributed by atoms with van der Waals surface area (Å²) >= 11 is 0. The fraction of sp³-hybridized carbons (Fsp3) is 0.286. The number of nitrogen functional groups attached to an aromatic ring is 1. The molecule has 0 saturated heterocycles. The Morgan fingerprint density at radius 1 is 1.90 bits per heavy atom. The highest BCUT2D eigenvalue weighted by Crippen LogP contribution is 2.05. The summed E-state index contributed by atoms with van der Waals surface area (Å²) in [5.41, 5.74) is 7.17.